The molecule has 2 heterocycles. The highest BCUT2D eigenvalue weighted by molar-refractivity contribution is 6.29. The fraction of sp³-hybridized carbons (Fsp3) is 0.150. The van der Waals surface area contributed by atoms with Gasteiger partial charge in [0.1, 0.15) is 18.3 Å². The zero-order valence-electron chi connectivity index (χ0n) is 15.9. The van der Waals surface area contributed by atoms with Gasteiger partial charge in [-0.3, -0.25) is 14.1 Å². The summed E-state index contributed by atoms with van der Waals surface area (Å²) in [4.78, 5) is 17.2. The van der Waals surface area contributed by atoms with Crippen LogP contribution >= 0.6 is 11.6 Å². The number of anilines is 1. The lowest BCUT2D eigenvalue weighted by Crippen LogP contribution is -2.34. The second kappa shape index (κ2) is 7.85. The number of hydrogen-bond acceptors (Lipinski definition) is 5. The number of hydrogen-bond donors (Lipinski definition) is 0. The highest BCUT2D eigenvalue weighted by Gasteiger charge is 2.28. The molecule has 0 saturated carbocycles. The Bertz CT molecular complexity index is 1400. The first kappa shape index (κ1) is 20.6. The molecule has 1 amide bonds. The minimum absolute atomic E-state index is 0.0809. The Morgan fingerprint density at radius 3 is 2.58 bits per heavy atom. The number of aromatic nitrogens is 4. The van der Waals surface area contributed by atoms with Crippen LogP contribution in [0.5, 0.6) is 0 Å². The molecule has 156 valence electrons. The minimum atomic E-state index is -1.17. The summed E-state index contributed by atoms with van der Waals surface area (Å²) in [5.74, 6) is -5.62. The van der Waals surface area contributed by atoms with E-state index in [-0.39, 0.29) is 22.4 Å². The number of carbonyl (C=O) groups excluding carboxylic acids is 1. The maximum absolute atomic E-state index is 15.1. The number of benzene rings is 2. The van der Waals surface area contributed by atoms with Crippen molar-refractivity contribution in [2.75, 3.05) is 10.8 Å². The lowest BCUT2D eigenvalue weighted by molar-refractivity contribution is -0.116. The standard InChI is InChI=1S/C20H12ClF3N6O/c1-10-11-4-2-3-5-12(11)16(22)17(23)13(10)8-29(15(31)6-21)19-18(24)20-28-26-9-30(20)14(7-25)27-19/h2-5,9H,6,8H2,1H3. The molecule has 31 heavy (non-hydrogen) atoms. The molecule has 0 aliphatic carbocycles. The van der Waals surface area contributed by atoms with Crippen LogP contribution < -0.4 is 4.90 Å². The first-order chi connectivity index (χ1) is 14.9. The Morgan fingerprint density at radius 2 is 1.90 bits per heavy atom. The van der Waals surface area contributed by atoms with E-state index >= 15 is 4.39 Å². The monoisotopic (exact) mass is 444 g/mol. The molecule has 7 nitrogen and oxygen atoms in total. The number of nitrogens with zero attached hydrogens (tertiary/aromatic N) is 6. The second-order valence-electron chi connectivity index (χ2n) is 6.60. The van der Waals surface area contributed by atoms with Crippen molar-refractivity contribution in [3.63, 3.8) is 0 Å². The lowest BCUT2D eigenvalue weighted by atomic mass is 9.98. The van der Waals surface area contributed by atoms with Crippen molar-refractivity contribution in [1.29, 1.82) is 5.26 Å². The quantitative estimate of drug-likeness (QED) is 0.448. The average molecular weight is 445 g/mol. The molecule has 0 aliphatic heterocycles. The summed E-state index contributed by atoms with van der Waals surface area (Å²) in [7, 11) is 0. The van der Waals surface area contributed by atoms with Gasteiger partial charge in [0.25, 0.3) is 0 Å². The van der Waals surface area contributed by atoms with Crippen molar-refractivity contribution in [2.24, 2.45) is 0 Å². The van der Waals surface area contributed by atoms with Gasteiger partial charge in [0, 0.05) is 10.9 Å². The smallest absolute Gasteiger partial charge is 0.243 e. The molecule has 0 atom stereocenters. The van der Waals surface area contributed by atoms with Crippen molar-refractivity contribution < 1.29 is 18.0 Å². The third kappa shape index (κ3) is 3.23. The normalized spacial score (nSPS) is 11.1. The van der Waals surface area contributed by atoms with E-state index in [1.54, 1.807) is 31.2 Å². The molecular formula is C20H12ClF3N6O. The van der Waals surface area contributed by atoms with E-state index in [1.807, 2.05) is 0 Å². The third-order valence-electron chi connectivity index (χ3n) is 4.95. The van der Waals surface area contributed by atoms with Gasteiger partial charge in [-0.2, -0.15) is 14.6 Å². The fourth-order valence-corrected chi connectivity index (χ4v) is 3.52. The maximum Gasteiger partial charge on any atom is 0.243 e. The summed E-state index contributed by atoms with van der Waals surface area (Å²) < 4.78 is 45.7. The molecule has 2 aromatic heterocycles. The molecule has 2 aromatic carbocycles. The lowest BCUT2D eigenvalue weighted by Gasteiger charge is -2.23. The number of amides is 1. The van der Waals surface area contributed by atoms with Crippen LogP contribution in [0.4, 0.5) is 19.0 Å². The molecule has 0 fully saturated rings. The number of aryl methyl sites for hydroxylation is 1. The second-order valence-corrected chi connectivity index (χ2v) is 6.87. The molecular weight excluding hydrogens is 433 g/mol. The summed E-state index contributed by atoms with van der Waals surface area (Å²) >= 11 is 5.68. The van der Waals surface area contributed by atoms with Crippen LogP contribution in [0.15, 0.2) is 30.6 Å². The van der Waals surface area contributed by atoms with Gasteiger partial charge in [-0.15, -0.1) is 21.8 Å². The van der Waals surface area contributed by atoms with Gasteiger partial charge in [0.2, 0.25) is 23.2 Å². The van der Waals surface area contributed by atoms with Crippen molar-refractivity contribution >= 4 is 39.7 Å². The van der Waals surface area contributed by atoms with E-state index in [0.29, 0.717) is 10.9 Å². The molecule has 0 aliphatic rings. The average Bonchev–Trinajstić information content (AvgIpc) is 3.29. The Morgan fingerprint density at radius 1 is 1.19 bits per heavy atom. The maximum atomic E-state index is 15.1. The molecule has 0 radical (unpaired) electrons. The van der Waals surface area contributed by atoms with Crippen LogP contribution in [-0.2, 0) is 11.3 Å². The van der Waals surface area contributed by atoms with E-state index in [2.05, 4.69) is 15.2 Å². The summed E-state index contributed by atoms with van der Waals surface area (Å²) in [5.41, 5.74) is -0.155. The van der Waals surface area contributed by atoms with Gasteiger partial charge in [0.15, 0.2) is 17.5 Å². The third-order valence-corrected chi connectivity index (χ3v) is 5.17. The van der Waals surface area contributed by atoms with Gasteiger partial charge in [-0.1, -0.05) is 24.3 Å². The Balaban J connectivity index is 1.93. The number of alkyl halides is 1. The highest BCUT2D eigenvalue weighted by atomic mass is 35.5. The fourth-order valence-electron chi connectivity index (χ4n) is 3.38. The summed E-state index contributed by atoms with van der Waals surface area (Å²) in [6.07, 6.45) is 1.09. The number of halogens is 4. The molecule has 0 N–H and O–H groups in total. The van der Waals surface area contributed by atoms with E-state index in [0.717, 1.165) is 15.6 Å². The number of rotatable bonds is 4. The molecule has 4 rings (SSSR count). The predicted molar refractivity (Wildman–Crippen MR) is 106 cm³/mol. The predicted octanol–water partition coefficient (Wildman–Crippen LogP) is 3.65. The summed E-state index contributed by atoms with van der Waals surface area (Å²) in [5, 5.41) is 17.0. The van der Waals surface area contributed by atoms with Gasteiger partial charge in [-0.05, 0) is 17.9 Å². The van der Waals surface area contributed by atoms with Crippen molar-refractivity contribution in [3.05, 3.63) is 65.0 Å². The van der Waals surface area contributed by atoms with Crippen LogP contribution in [0, 0.1) is 35.7 Å². The SMILES string of the molecule is Cc1c(CN(C(=O)CCl)c2nc(C#N)n3cnnc3c2F)c(F)c(F)c2ccccc12. The Kier molecular flexibility index (Phi) is 5.20. The molecule has 4 aromatic rings. The van der Waals surface area contributed by atoms with Crippen LogP contribution in [0.3, 0.4) is 0 Å². The van der Waals surface area contributed by atoms with E-state index in [9.17, 15) is 18.8 Å². The van der Waals surface area contributed by atoms with E-state index in [4.69, 9.17) is 11.6 Å². The van der Waals surface area contributed by atoms with Crippen LogP contribution in [0.1, 0.15) is 17.0 Å². The summed E-state index contributed by atoms with van der Waals surface area (Å²) in [6, 6.07) is 8.04. The van der Waals surface area contributed by atoms with Crippen LogP contribution in [0.25, 0.3) is 16.4 Å². The van der Waals surface area contributed by atoms with E-state index in [1.165, 1.54) is 6.07 Å². The first-order valence-corrected chi connectivity index (χ1v) is 9.43. The van der Waals surface area contributed by atoms with Crippen LogP contribution in [0.2, 0.25) is 0 Å². The largest absolute Gasteiger partial charge is 0.288 e. The van der Waals surface area contributed by atoms with Crippen molar-refractivity contribution in [2.45, 2.75) is 13.5 Å². The first-order valence-electron chi connectivity index (χ1n) is 8.89. The number of carbonyl (C=O) groups is 1. The van der Waals surface area contributed by atoms with Gasteiger partial charge >= 0.3 is 0 Å². The van der Waals surface area contributed by atoms with Gasteiger partial charge in [-0.25, -0.2) is 8.78 Å². The minimum Gasteiger partial charge on any atom is -0.288 e. The molecule has 0 saturated heterocycles. The highest BCUT2D eigenvalue weighted by Crippen LogP contribution is 2.31. The van der Waals surface area contributed by atoms with Gasteiger partial charge in [0.05, 0.1) is 6.54 Å². The zero-order chi connectivity index (χ0) is 22.3. The molecule has 11 heteroatoms. The van der Waals surface area contributed by atoms with Crippen molar-refractivity contribution in [1.82, 2.24) is 19.6 Å². The van der Waals surface area contributed by atoms with Crippen molar-refractivity contribution in [3.8, 4) is 6.07 Å². The molecule has 0 spiro atoms. The topological polar surface area (TPSA) is 87.2 Å². The Hall–Kier alpha value is -3.71. The number of fused-ring (bicyclic) bond motifs is 2. The van der Waals surface area contributed by atoms with Gasteiger partial charge < -0.3 is 0 Å². The zero-order valence-corrected chi connectivity index (χ0v) is 16.7. The number of nitriles is 1. The molecule has 0 unspecified atom stereocenters. The Labute approximate surface area is 178 Å². The van der Waals surface area contributed by atoms with E-state index < -0.39 is 41.6 Å². The molecule has 0 bridgehead atoms. The van der Waals surface area contributed by atoms with Crippen LogP contribution in [-0.4, -0.2) is 31.4 Å². The summed E-state index contributed by atoms with van der Waals surface area (Å²) in [6.45, 7) is 1.000.